The molecule has 8 heteroatoms. The molecule has 0 spiro atoms. The number of non-ortho nitro benzene ring substituents is 1. The molecule has 1 amide bonds. The zero-order chi connectivity index (χ0) is 19.1. The Hall–Kier alpha value is -2.64. The molecule has 0 radical (unpaired) electrons. The minimum Gasteiger partial charge on any atom is -0.494 e. The molecule has 142 valence electrons. The van der Waals surface area contributed by atoms with Gasteiger partial charge < -0.3 is 14.8 Å². The summed E-state index contributed by atoms with van der Waals surface area (Å²) in [7, 11) is 1.35. The second-order valence-corrected chi connectivity index (χ2v) is 6.45. The van der Waals surface area contributed by atoms with E-state index < -0.39 is 22.9 Å². The molecule has 1 aliphatic carbocycles. The van der Waals surface area contributed by atoms with Gasteiger partial charge in [0.15, 0.2) is 6.10 Å². The Labute approximate surface area is 152 Å². The zero-order valence-corrected chi connectivity index (χ0v) is 15.0. The van der Waals surface area contributed by atoms with Crippen LogP contribution in [0.25, 0.3) is 0 Å². The monoisotopic (exact) mass is 364 g/mol. The van der Waals surface area contributed by atoms with Gasteiger partial charge in [-0.15, -0.1) is 0 Å². The maximum absolute atomic E-state index is 12.2. The van der Waals surface area contributed by atoms with E-state index in [-0.39, 0.29) is 17.1 Å². The van der Waals surface area contributed by atoms with Crippen molar-refractivity contribution < 1.29 is 24.0 Å². The molecule has 0 unspecified atom stereocenters. The van der Waals surface area contributed by atoms with E-state index in [4.69, 9.17) is 9.47 Å². The molecular formula is C18H24N2O6. The van der Waals surface area contributed by atoms with E-state index >= 15 is 0 Å². The second kappa shape index (κ2) is 9.17. The molecule has 1 fully saturated rings. The highest BCUT2D eigenvalue weighted by Gasteiger charge is 2.22. The Balaban J connectivity index is 1.87. The molecule has 26 heavy (non-hydrogen) atoms. The number of ether oxygens (including phenoxy) is 2. The van der Waals surface area contributed by atoms with Gasteiger partial charge in [-0.3, -0.25) is 19.7 Å². The lowest BCUT2D eigenvalue weighted by molar-refractivity contribution is -0.384. The summed E-state index contributed by atoms with van der Waals surface area (Å²) in [5.74, 6) is -0.176. The fourth-order valence-electron chi connectivity index (χ4n) is 3.06. The zero-order valence-electron chi connectivity index (χ0n) is 15.0. The van der Waals surface area contributed by atoms with Gasteiger partial charge in [0.2, 0.25) is 0 Å². The van der Waals surface area contributed by atoms with Crippen molar-refractivity contribution >= 4 is 23.3 Å². The molecule has 1 aromatic carbocycles. The van der Waals surface area contributed by atoms with Crippen molar-refractivity contribution in [3.63, 3.8) is 0 Å². The van der Waals surface area contributed by atoms with Crippen molar-refractivity contribution in [3.8, 4) is 5.75 Å². The maximum Gasteiger partial charge on any atom is 0.306 e. The van der Waals surface area contributed by atoms with E-state index in [2.05, 4.69) is 5.32 Å². The third kappa shape index (κ3) is 5.44. The van der Waals surface area contributed by atoms with E-state index in [0.717, 1.165) is 19.3 Å². The lowest BCUT2D eigenvalue weighted by atomic mass is 10.0. The van der Waals surface area contributed by atoms with Crippen LogP contribution in [-0.2, 0) is 14.3 Å². The van der Waals surface area contributed by atoms with Crippen LogP contribution in [0, 0.1) is 16.0 Å². The van der Waals surface area contributed by atoms with Gasteiger partial charge in [-0.2, -0.15) is 0 Å². The maximum atomic E-state index is 12.2. The largest absolute Gasteiger partial charge is 0.494 e. The minimum atomic E-state index is -0.967. The molecule has 1 aliphatic rings. The number of methoxy groups -OCH3 is 1. The number of nitro benzene ring substituents is 1. The highest BCUT2D eigenvalue weighted by atomic mass is 16.6. The second-order valence-electron chi connectivity index (χ2n) is 6.45. The summed E-state index contributed by atoms with van der Waals surface area (Å²) in [5, 5.41) is 13.4. The van der Waals surface area contributed by atoms with Crippen LogP contribution < -0.4 is 10.1 Å². The summed E-state index contributed by atoms with van der Waals surface area (Å²) in [6.07, 6.45) is 4.88. The SMILES string of the molecule is COc1cc([N+](=O)[O-])ccc1NC(=O)[C@@H](C)OC(=O)CCC1CCCC1. The average molecular weight is 364 g/mol. The van der Waals surface area contributed by atoms with Gasteiger partial charge in [0.05, 0.1) is 23.8 Å². The van der Waals surface area contributed by atoms with E-state index in [1.807, 2.05) is 0 Å². The number of nitrogens with zero attached hydrogens (tertiary/aromatic N) is 1. The Morgan fingerprint density at radius 1 is 1.35 bits per heavy atom. The summed E-state index contributed by atoms with van der Waals surface area (Å²) in [5.41, 5.74) is 0.128. The normalized spacial score (nSPS) is 15.3. The van der Waals surface area contributed by atoms with Crippen molar-refractivity contribution in [1.82, 2.24) is 0 Å². The number of esters is 1. The number of rotatable bonds is 8. The number of nitrogens with one attached hydrogen (secondary N) is 1. The molecule has 1 saturated carbocycles. The quantitative estimate of drug-likeness (QED) is 0.430. The summed E-state index contributed by atoms with van der Waals surface area (Å²) in [6, 6.07) is 3.85. The molecule has 0 heterocycles. The van der Waals surface area contributed by atoms with Crippen LogP contribution in [0.5, 0.6) is 5.75 Å². The molecule has 1 N–H and O–H groups in total. The van der Waals surface area contributed by atoms with Gasteiger partial charge in [-0.05, 0) is 25.3 Å². The molecule has 2 rings (SSSR count). The number of hydrogen-bond donors (Lipinski definition) is 1. The van der Waals surface area contributed by atoms with E-state index in [1.165, 1.54) is 45.1 Å². The number of carbonyl (C=O) groups is 2. The number of benzene rings is 1. The first-order valence-electron chi connectivity index (χ1n) is 8.73. The van der Waals surface area contributed by atoms with Gasteiger partial charge in [-0.25, -0.2) is 0 Å². The van der Waals surface area contributed by atoms with Crippen molar-refractivity contribution in [2.45, 2.75) is 51.6 Å². The minimum absolute atomic E-state index is 0.147. The third-order valence-corrected chi connectivity index (χ3v) is 4.56. The van der Waals surface area contributed by atoms with Gasteiger partial charge in [-0.1, -0.05) is 25.7 Å². The number of hydrogen-bond acceptors (Lipinski definition) is 6. The predicted octanol–water partition coefficient (Wildman–Crippen LogP) is 3.44. The van der Waals surface area contributed by atoms with E-state index in [1.54, 1.807) is 0 Å². The lowest BCUT2D eigenvalue weighted by Crippen LogP contribution is -2.30. The molecule has 8 nitrogen and oxygen atoms in total. The highest BCUT2D eigenvalue weighted by molar-refractivity contribution is 5.96. The predicted molar refractivity (Wildman–Crippen MR) is 95.0 cm³/mol. The Morgan fingerprint density at radius 2 is 2.04 bits per heavy atom. The standard InChI is InChI=1S/C18H24N2O6/c1-12(26-17(21)10-7-13-5-3-4-6-13)18(22)19-15-9-8-14(20(23)24)11-16(15)25-2/h8-9,11-13H,3-7,10H2,1-2H3,(H,19,22)/t12-/m1/s1. The molecule has 1 atom stereocenters. The Bertz CT molecular complexity index is 670. The lowest BCUT2D eigenvalue weighted by Gasteiger charge is -2.15. The fourth-order valence-corrected chi connectivity index (χ4v) is 3.06. The molecule has 0 aromatic heterocycles. The smallest absolute Gasteiger partial charge is 0.306 e. The molecular weight excluding hydrogens is 340 g/mol. The van der Waals surface area contributed by atoms with Gasteiger partial charge in [0.1, 0.15) is 5.75 Å². The van der Waals surface area contributed by atoms with Gasteiger partial charge >= 0.3 is 5.97 Å². The summed E-state index contributed by atoms with van der Waals surface area (Å²) < 4.78 is 10.2. The molecule has 0 saturated heterocycles. The number of carbonyl (C=O) groups excluding carboxylic acids is 2. The molecule has 0 bridgehead atoms. The third-order valence-electron chi connectivity index (χ3n) is 4.56. The Morgan fingerprint density at radius 3 is 2.65 bits per heavy atom. The van der Waals surface area contributed by atoms with Crippen LogP contribution in [0.15, 0.2) is 18.2 Å². The first kappa shape index (κ1) is 19.7. The topological polar surface area (TPSA) is 108 Å². The van der Waals surface area contributed by atoms with E-state index in [9.17, 15) is 19.7 Å². The van der Waals surface area contributed by atoms with Crippen LogP contribution in [0.4, 0.5) is 11.4 Å². The van der Waals surface area contributed by atoms with Crippen LogP contribution >= 0.6 is 0 Å². The van der Waals surface area contributed by atoms with Crippen molar-refractivity contribution in [3.05, 3.63) is 28.3 Å². The van der Waals surface area contributed by atoms with Crippen molar-refractivity contribution in [2.75, 3.05) is 12.4 Å². The first-order valence-corrected chi connectivity index (χ1v) is 8.73. The van der Waals surface area contributed by atoms with Gasteiger partial charge in [0.25, 0.3) is 11.6 Å². The van der Waals surface area contributed by atoms with Crippen LogP contribution in [-0.4, -0.2) is 30.0 Å². The summed E-state index contributed by atoms with van der Waals surface area (Å²) in [4.78, 5) is 34.4. The highest BCUT2D eigenvalue weighted by Crippen LogP contribution is 2.30. The first-order chi connectivity index (χ1) is 12.4. The van der Waals surface area contributed by atoms with Crippen LogP contribution in [0.3, 0.4) is 0 Å². The molecule has 1 aromatic rings. The summed E-state index contributed by atoms with van der Waals surface area (Å²) in [6.45, 7) is 1.49. The average Bonchev–Trinajstić information content (AvgIpc) is 3.13. The Kier molecular flexibility index (Phi) is 6.94. The van der Waals surface area contributed by atoms with E-state index in [0.29, 0.717) is 12.3 Å². The summed E-state index contributed by atoms with van der Waals surface area (Å²) >= 11 is 0. The van der Waals surface area contributed by atoms with Crippen molar-refractivity contribution in [1.29, 1.82) is 0 Å². The molecule has 0 aliphatic heterocycles. The van der Waals surface area contributed by atoms with Gasteiger partial charge in [0, 0.05) is 12.5 Å². The number of nitro groups is 1. The fraction of sp³-hybridized carbons (Fsp3) is 0.556. The number of amides is 1. The van der Waals surface area contributed by atoms with Crippen LogP contribution in [0.1, 0.15) is 45.4 Å². The van der Waals surface area contributed by atoms with Crippen LogP contribution in [0.2, 0.25) is 0 Å². The number of anilines is 1. The van der Waals surface area contributed by atoms with Crippen molar-refractivity contribution in [2.24, 2.45) is 5.92 Å².